The molecule has 0 bridgehead atoms. The number of halogens is 1. The lowest BCUT2D eigenvalue weighted by atomic mass is 10.1. The second-order valence-corrected chi connectivity index (χ2v) is 5.22. The van der Waals surface area contributed by atoms with Crippen LogP contribution in [0.3, 0.4) is 0 Å². The highest BCUT2D eigenvalue weighted by molar-refractivity contribution is 6.31. The molecule has 0 aromatic heterocycles. The van der Waals surface area contributed by atoms with Gasteiger partial charge in [0.25, 0.3) is 5.91 Å². The molecule has 1 aromatic carbocycles. The van der Waals surface area contributed by atoms with Crippen molar-refractivity contribution in [3.63, 3.8) is 0 Å². The van der Waals surface area contributed by atoms with E-state index in [1.807, 2.05) is 6.07 Å². The fraction of sp³-hybridized carbons (Fsp3) is 0.333. The zero-order chi connectivity index (χ0) is 14.7. The average Bonchev–Trinajstić information content (AvgIpc) is 2.46. The van der Waals surface area contributed by atoms with Crippen LogP contribution in [0.5, 0.6) is 0 Å². The summed E-state index contributed by atoms with van der Waals surface area (Å²) in [5.74, 6) is -0.0544. The molecule has 4 nitrogen and oxygen atoms in total. The molecule has 1 fully saturated rings. The first-order valence-corrected chi connectivity index (χ1v) is 6.86. The molecule has 0 aliphatic carbocycles. The summed E-state index contributed by atoms with van der Waals surface area (Å²) in [6, 6.07) is 7.10. The summed E-state index contributed by atoms with van der Waals surface area (Å²) in [5.41, 5.74) is 1.17. The van der Waals surface area contributed by atoms with E-state index in [0.29, 0.717) is 36.8 Å². The monoisotopic (exact) mass is 292 g/mol. The third-order valence-electron chi connectivity index (χ3n) is 3.44. The Morgan fingerprint density at radius 3 is 2.30 bits per heavy atom. The second-order valence-electron chi connectivity index (χ2n) is 4.79. The fourth-order valence-electron chi connectivity index (χ4n) is 2.21. The SMILES string of the molecule is C=C(C(=O)N1CCN(C(C)=O)CC1)c1cccc(Cl)c1. The summed E-state index contributed by atoms with van der Waals surface area (Å²) in [4.78, 5) is 27.1. The Bertz CT molecular complexity index is 549. The standard InChI is InChI=1S/C15H17ClN2O2/c1-11(13-4-3-5-14(16)10-13)15(20)18-8-6-17(7-9-18)12(2)19/h3-5,10H,1,6-9H2,2H3. The molecule has 1 aliphatic heterocycles. The number of carbonyl (C=O) groups excluding carboxylic acids is 2. The van der Waals surface area contributed by atoms with Gasteiger partial charge in [-0.3, -0.25) is 9.59 Å². The minimum Gasteiger partial charge on any atom is -0.339 e. The number of hydrogen-bond donors (Lipinski definition) is 0. The number of benzene rings is 1. The molecule has 1 aliphatic rings. The van der Waals surface area contributed by atoms with Crippen LogP contribution in [-0.2, 0) is 9.59 Å². The van der Waals surface area contributed by atoms with Crippen molar-refractivity contribution >= 4 is 29.0 Å². The van der Waals surface area contributed by atoms with Crippen molar-refractivity contribution in [2.24, 2.45) is 0 Å². The van der Waals surface area contributed by atoms with Crippen LogP contribution in [0.25, 0.3) is 5.57 Å². The van der Waals surface area contributed by atoms with Crippen molar-refractivity contribution in [1.82, 2.24) is 9.80 Å². The van der Waals surface area contributed by atoms with Crippen LogP contribution in [0.15, 0.2) is 30.8 Å². The zero-order valence-electron chi connectivity index (χ0n) is 11.4. The summed E-state index contributed by atoms with van der Waals surface area (Å²) >= 11 is 5.92. The third kappa shape index (κ3) is 3.20. The van der Waals surface area contributed by atoms with Crippen molar-refractivity contribution in [3.05, 3.63) is 41.4 Å². The van der Waals surface area contributed by atoms with Crippen LogP contribution in [0.1, 0.15) is 12.5 Å². The Morgan fingerprint density at radius 2 is 1.75 bits per heavy atom. The van der Waals surface area contributed by atoms with E-state index in [1.165, 1.54) is 0 Å². The molecule has 2 rings (SSSR count). The first-order chi connectivity index (χ1) is 9.49. The first kappa shape index (κ1) is 14.6. The van der Waals surface area contributed by atoms with Gasteiger partial charge in [-0.15, -0.1) is 0 Å². The van der Waals surface area contributed by atoms with Gasteiger partial charge in [0, 0.05) is 43.7 Å². The van der Waals surface area contributed by atoms with E-state index in [0.717, 1.165) is 5.56 Å². The quantitative estimate of drug-likeness (QED) is 0.783. The molecule has 1 heterocycles. The molecule has 0 saturated carbocycles. The lowest BCUT2D eigenvalue weighted by Crippen LogP contribution is -2.50. The van der Waals surface area contributed by atoms with E-state index in [2.05, 4.69) is 6.58 Å². The molecule has 0 spiro atoms. The number of hydrogen-bond acceptors (Lipinski definition) is 2. The topological polar surface area (TPSA) is 40.6 Å². The summed E-state index contributed by atoms with van der Waals surface area (Å²) in [7, 11) is 0. The first-order valence-electron chi connectivity index (χ1n) is 6.48. The molecule has 2 amide bonds. The molecular formula is C15H17ClN2O2. The molecular weight excluding hydrogens is 276 g/mol. The Labute approximate surface area is 123 Å². The van der Waals surface area contributed by atoms with E-state index in [4.69, 9.17) is 11.6 Å². The van der Waals surface area contributed by atoms with Crippen molar-refractivity contribution in [1.29, 1.82) is 0 Å². The van der Waals surface area contributed by atoms with Crippen LogP contribution in [0.4, 0.5) is 0 Å². The van der Waals surface area contributed by atoms with E-state index < -0.39 is 0 Å². The van der Waals surface area contributed by atoms with Gasteiger partial charge < -0.3 is 9.80 Å². The molecule has 0 N–H and O–H groups in total. The minimum atomic E-state index is -0.101. The maximum atomic E-state index is 12.4. The van der Waals surface area contributed by atoms with E-state index in [1.54, 1.807) is 34.9 Å². The van der Waals surface area contributed by atoms with Gasteiger partial charge in [-0.2, -0.15) is 0 Å². The van der Waals surface area contributed by atoms with Gasteiger partial charge in [0.2, 0.25) is 5.91 Å². The van der Waals surface area contributed by atoms with Crippen molar-refractivity contribution in [2.45, 2.75) is 6.92 Å². The van der Waals surface area contributed by atoms with Gasteiger partial charge in [-0.1, -0.05) is 30.3 Å². The van der Waals surface area contributed by atoms with Crippen LogP contribution < -0.4 is 0 Å². The molecule has 1 aromatic rings. The van der Waals surface area contributed by atoms with Gasteiger partial charge in [-0.25, -0.2) is 0 Å². The maximum absolute atomic E-state index is 12.4. The summed E-state index contributed by atoms with van der Waals surface area (Å²) in [6.07, 6.45) is 0. The van der Waals surface area contributed by atoms with Crippen LogP contribution in [0, 0.1) is 0 Å². The Kier molecular flexibility index (Phi) is 4.45. The highest BCUT2D eigenvalue weighted by Crippen LogP contribution is 2.20. The second kappa shape index (κ2) is 6.09. The molecule has 0 atom stereocenters. The number of piperazine rings is 1. The predicted molar refractivity (Wildman–Crippen MR) is 79.3 cm³/mol. The Hall–Kier alpha value is -1.81. The number of amides is 2. The highest BCUT2D eigenvalue weighted by atomic mass is 35.5. The van der Waals surface area contributed by atoms with Crippen molar-refractivity contribution in [3.8, 4) is 0 Å². The summed E-state index contributed by atoms with van der Waals surface area (Å²) in [6.45, 7) is 7.63. The summed E-state index contributed by atoms with van der Waals surface area (Å²) in [5, 5.41) is 0.581. The number of nitrogens with zero attached hydrogens (tertiary/aromatic N) is 2. The van der Waals surface area contributed by atoms with E-state index in [-0.39, 0.29) is 11.8 Å². The third-order valence-corrected chi connectivity index (χ3v) is 3.68. The largest absolute Gasteiger partial charge is 0.339 e. The molecule has 0 radical (unpaired) electrons. The molecule has 20 heavy (non-hydrogen) atoms. The average molecular weight is 293 g/mol. The van der Waals surface area contributed by atoms with Crippen LogP contribution >= 0.6 is 11.6 Å². The molecule has 106 valence electrons. The van der Waals surface area contributed by atoms with E-state index >= 15 is 0 Å². The van der Waals surface area contributed by atoms with Crippen LogP contribution in [0.2, 0.25) is 5.02 Å². The summed E-state index contributed by atoms with van der Waals surface area (Å²) < 4.78 is 0. The van der Waals surface area contributed by atoms with Crippen molar-refractivity contribution < 1.29 is 9.59 Å². The fourth-order valence-corrected chi connectivity index (χ4v) is 2.41. The normalized spacial score (nSPS) is 15.1. The number of rotatable bonds is 2. The minimum absolute atomic E-state index is 0.0470. The van der Waals surface area contributed by atoms with Gasteiger partial charge in [-0.05, 0) is 17.7 Å². The van der Waals surface area contributed by atoms with Gasteiger partial charge >= 0.3 is 0 Å². The van der Waals surface area contributed by atoms with Crippen molar-refractivity contribution in [2.75, 3.05) is 26.2 Å². The lowest BCUT2D eigenvalue weighted by molar-refractivity contribution is -0.135. The zero-order valence-corrected chi connectivity index (χ0v) is 12.2. The molecule has 0 unspecified atom stereocenters. The number of carbonyl (C=O) groups is 2. The smallest absolute Gasteiger partial charge is 0.253 e. The molecule has 1 saturated heterocycles. The maximum Gasteiger partial charge on any atom is 0.253 e. The van der Waals surface area contributed by atoms with Gasteiger partial charge in [0.1, 0.15) is 0 Å². The highest BCUT2D eigenvalue weighted by Gasteiger charge is 2.24. The van der Waals surface area contributed by atoms with Gasteiger partial charge in [0.05, 0.1) is 0 Å². The Morgan fingerprint density at radius 1 is 1.15 bits per heavy atom. The predicted octanol–water partition coefficient (Wildman–Crippen LogP) is 2.04. The Balaban J connectivity index is 2.02. The molecule has 5 heteroatoms. The lowest BCUT2D eigenvalue weighted by Gasteiger charge is -2.34. The van der Waals surface area contributed by atoms with E-state index in [9.17, 15) is 9.59 Å². The van der Waals surface area contributed by atoms with Crippen LogP contribution in [-0.4, -0.2) is 47.8 Å². The van der Waals surface area contributed by atoms with Gasteiger partial charge in [0.15, 0.2) is 0 Å².